The summed E-state index contributed by atoms with van der Waals surface area (Å²) in [5, 5.41) is 17.9. The molecule has 0 unspecified atom stereocenters. The molecule has 8 rings (SSSR count). The van der Waals surface area contributed by atoms with Crippen LogP contribution in [0.5, 0.6) is 0 Å². The number of urea groups is 2. The van der Waals surface area contributed by atoms with Crippen LogP contribution in [0, 0.1) is 11.8 Å². The molecule has 1 N–H and O–H groups in total. The van der Waals surface area contributed by atoms with E-state index in [0.717, 1.165) is 49.0 Å². The number of aryl methyl sites for hydroxylation is 2. The number of nitrogens with zero attached hydrogens (tertiary/aromatic N) is 9. The molecule has 2 saturated carbocycles. The Morgan fingerprint density at radius 3 is 1.29 bits per heavy atom. The Morgan fingerprint density at radius 2 is 0.922 bits per heavy atom. The normalized spacial score (nSPS) is 22.4. The summed E-state index contributed by atoms with van der Waals surface area (Å²) in [4.78, 5) is 27.8. The summed E-state index contributed by atoms with van der Waals surface area (Å²) < 4.78 is 85.3. The molecule has 21 nitrogen and oxygen atoms in total. The number of carbonyl (C=O) groups excluding carboxylic acids is 2. The molecule has 2 aliphatic carbocycles. The molecule has 6 aliphatic rings. The average molecular weight is 1130 g/mol. The highest BCUT2D eigenvalue weighted by Gasteiger charge is 2.50. The number of quaternary nitrogens is 1. The number of amides is 4. The van der Waals surface area contributed by atoms with Crippen LogP contribution in [0.4, 0.5) is 9.59 Å². The number of aromatic nitrogens is 4. The van der Waals surface area contributed by atoms with Gasteiger partial charge in [0.15, 0.2) is 0 Å². The molecule has 0 radical (unpaired) electrons. The van der Waals surface area contributed by atoms with Crippen LogP contribution in [-0.4, -0.2) is 134 Å². The Hall–Kier alpha value is -3.48. The maximum atomic E-state index is 12.5. The van der Waals surface area contributed by atoms with Crippen LogP contribution >= 0.6 is 0 Å². The second-order valence-electron chi connectivity index (χ2n) is 22.9. The third kappa shape index (κ3) is 19.9. The molecule has 0 spiro atoms. The Labute approximate surface area is 460 Å². The quantitative estimate of drug-likeness (QED) is 0.0330. The SMILES string of the molecule is CCCC[N+](CCCC)(CCCC)CCCC.O=C1N2C[C@@H](CC[C@H]2c2nnc(CCCCCC3CCCCC3)o2)N1OS(=O)(=O)O.O=C1N2C[C@@H](CC[C@H]2c2nnc(CCCCCC3CCCCC3)o2)N1OS(=O)(=O)[O-]. The Bertz CT molecular complexity index is 2100. The van der Waals surface area contributed by atoms with Gasteiger partial charge in [0.2, 0.25) is 34.0 Å². The van der Waals surface area contributed by atoms with E-state index < -0.39 is 57.0 Å². The third-order valence-electron chi connectivity index (χ3n) is 16.9. The van der Waals surface area contributed by atoms with Gasteiger partial charge in [0.1, 0.15) is 12.1 Å². The lowest BCUT2D eigenvalue weighted by Gasteiger charge is -2.39. The fourth-order valence-corrected chi connectivity index (χ4v) is 13.3. The zero-order chi connectivity index (χ0) is 55.3. The van der Waals surface area contributed by atoms with E-state index in [0.29, 0.717) is 60.7 Å². The first-order valence-corrected chi connectivity index (χ1v) is 32.8. The molecule has 440 valence electrons. The zero-order valence-corrected chi connectivity index (χ0v) is 48.7. The van der Waals surface area contributed by atoms with E-state index in [1.807, 2.05) is 0 Å². The molecule has 4 atom stereocenters. The maximum Gasteiger partial charge on any atom is 0.418 e. The van der Waals surface area contributed by atoms with Gasteiger partial charge in [0.05, 0.1) is 38.3 Å². The molecule has 0 aromatic carbocycles. The number of hydrogen-bond acceptors (Lipinski definition) is 15. The predicted molar refractivity (Wildman–Crippen MR) is 288 cm³/mol. The first-order chi connectivity index (χ1) is 37.1. The van der Waals surface area contributed by atoms with Gasteiger partial charge in [-0.2, -0.15) is 22.8 Å². The number of unbranched alkanes of at least 4 members (excludes halogenated alkanes) is 8. The minimum atomic E-state index is -5.00. The fraction of sp³-hybridized carbons (Fsp3) is 0.889. The van der Waals surface area contributed by atoms with Gasteiger partial charge in [-0.1, -0.05) is 156 Å². The van der Waals surface area contributed by atoms with Crippen molar-refractivity contribution in [1.29, 1.82) is 0 Å². The van der Waals surface area contributed by atoms with Gasteiger partial charge < -0.3 is 27.7 Å². The van der Waals surface area contributed by atoms with Crippen molar-refractivity contribution in [3.8, 4) is 0 Å². The van der Waals surface area contributed by atoms with E-state index in [1.54, 1.807) is 0 Å². The van der Waals surface area contributed by atoms with E-state index in [2.05, 4.69) is 56.7 Å². The van der Waals surface area contributed by atoms with E-state index in [1.165, 1.54) is 182 Å². The van der Waals surface area contributed by atoms with Crippen LogP contribution in [0.25, 0.3) is 0 Å². The van der Waals surface area contributed by atoms with E-state index in [9.17, 15) is 31.0 Å². The lowest BCUT2D eigenvalue weighted by molar-refractivity contribution is -0.929. The lowest BCUT2D eigenvalue weighted by atomic mass is 9.85. The summed E-state index contributed by atoms with van der Waals surface area (Å²) in [5.41, 5.74) is 0. The van der Waals surface area contributed by atoms with Gasteiger partial charge >= 0.3 is 22.5 Å². The summed E-state index contributed by atoms with van der Waals surface area (Å²) in [5.74, 6) is 3.67. The largest absolute Gasteiger partial charge is 0.724 e. The molecular formula is C54H95N9O12S2. The van der Waals surface area contributed by atoms with Crippen LogP contribution in [0.2, 0.25) is 0 Å². The number of carbonyl (C=O) groups is 2. The monoisotopic (exact) mass is 1130 g/mol. The summed E-state index contributed by atoms with van der Waals surface area (Å²) in [6.07, 6.45) is 37.8. The Kier molecular flexibility index (Phi) is 25.7. The van der Waals surface area contributed by atoms with Crippen molar-refractivity contribution in [2.75, 3.05) is 39.3 Å². The second kappa shape index (κ2) is 31.5. The van der Waals surface area contributed by atoms with Crippen molar-refractivity contribution >= 4 is 32.9 Å². The fourth-order valence-electron chi connectivity index (χ4n) is 12.5. The number of hydrogen-bond donors (Lipinski definition) is 1. The standard InChI is InChI=1S/2C19H30N4O6S.C16H36N/c2*24-19-22-13-15(23(19)29-30(25,26)27)11-12-16(22)18-21-20-17(28-18)10-6-2-5-9-14-7-3-1-4-8-14;1-5-9-13-17(14-10-6-2,15-11-7-3)16-12-8-4/h2*14-16H,1-13H2,(H,25,26,27);5-16H2,1-4H3/q;;+1/p-1/t2*15-,16+;/m11./s1. The van der Waals surface area contributed by atoms with Crippen molar-refractivity contribution in [3.05, 3.63) is 23.6 Å². The molecule has 4 saturated heterocycles. The van der Waals surface area contributed by atoms with Gasteiger partial charge in [-0.15, -0.1) is 24.7 Å². The summed E-state index contributed by atoms with van der Waals surface area (Å²) in [6.45, 7) is 15.6. The van der Waals surface area contributed by atoms with E-state index >= 15 is 0 Å². The highest BCUT2D eigenvalue weighted by Crippen LogP contribution is 2.40. The van der Waals surface area contributed by atoms with Crippen LogP contribution in [-0.2, 0) is 42.2 Å². The predicted octanol–water partition coefficient (Wildman–Crippen LogP) is 11.5. The first kappa shape index (κ1) is 62.7. The molecule has 23 heteroatoms. The van der Waals surface area contributed by atoms with Gasteiger partial charge in [0, 0.05) is 25.9 Å². The second-order valence-corrected chi connectivity index (χ2v) is 24.9. The van der Waals surface area contributed by atoms with Crippen molar-refractivity contribution < 1.29 is 57.4 Å². The van der Waals surface area contributed by atoms with Crippen LogP contribution in [0.3, 0.4) is 0 Å². The van der Waals surface area contributed by atoms with Crippen molar-refractivity contribution in [2.24, 2.45) is 11.8 Å². The molecule has 4 aliphatic heterocycles. The van der Waals surface area contributed by atoms with Crippen molar-refractivity contribution in [3.63, 3.8) is 0 Å². The molecule has 6 heterocycles. The topological polar surface area (TPSA) is 255 Å². The molecule has 2 aromatic heterocycles. The summed E-state index contributed by atoms with van der Waals surface area (Å²) >= 11 is 0. The van der Waals surface area contributed by atoms with E-state index in [4.69, 9.17) is 13.4 Å². The third-order valence-corrected chi connectivity index (χ3v) is 17.6. The van der Waals surface area contributed by atoms with Crippen molar-refractivity contribution in [2.45, 2.75) is 257 Å². The zero-order valence-electron chi connectivity index (χ0n) is 47.1. The number of rotatable bonds is 30. The smallest absolute Gasteiger partial charge is 0.418 e. The molecule has 2 aromatic rings. The van der Waals surface area contributed by atoms with E-state index in [-0.39, 0.29) is 13.1 Å². The molecule has 77 heavy (non-hydrogen) atoms. The van der Waals surface area contributed by atoms with Gasteiger partial charge in [-0.25, -0.2) is 18.0 Å². The molecule has 6 fully saturated rings. The molecular weight excluding hydrogens is 1030 g/mol. The first-order valence-electron chi connectivity index (χ1n) is 30.1. The summed E-state index contributed by atoms with van der Waals surface area (Å²) in [7, 11) is -9.76. The minimum Gasteiger partial charge on any atom is -0.724 e. The summed E-state index contributed by atoms with van der Waals surface area (Å²) in [6, 6.07) is -3.02. The highest BCUT2D eigenvalue weighted by molar-refractivity contribution is 7.81. The van der Waals surface area contributed by atoms with Crippen LogP contribution in [0.1, 0.15) is 256 Å². The van der Waals surface area contributed by atoms with Gasteiger partial charge in [-0.3, -0.25) is 4.55 Å². The number of fused-ring (bicyclic) bond motifs is 4. The molecule has 4 amide bonds. The lowest BCUT2D eigenvalue weighted by Crippen LogP contribution is -2.50. The van der Waals surface area contributed by atoms with Crippen molar-refractivity contribution in [1.82, 2.24) is 40.3 Å². The highest BCUT2D eigenvalue weighted by atomic mass is 32.3. The maximum absolute atomic E-state index is 12.5. The number of hydroxylamine groups is 4. The van der Waals surface area contributed by atoms with Gasteiger partial charge in [-0.05, 0) is 76.0 Å². The van der Waals surface area contributed by atoms with Gasteiger partial charge in [0.25, 0.3) is 0 Å². The van der Waals surface area contributed by atoms with Crippen LogP contribution in [0.15, 0.2) is 8.83 Å². The Morgan fingerprint density at radius 1 is 0.532 bits per heavy atom. The minimum absolute atomic E-state index is 0.262. The van der Waals surface area contributed by atoms with Crippen LogP contribution < -0.4 is 0 Å². The number of piperidine rings is 2. The average Bonchev–Trinajstić information content (AvgIpc) is 4.21. The molecule has 4 bridgehead atoms. The Balaban J connectivity index is 0.000000196.